The van der Waals surface area contributed by atoms with Gasteiger partial charge in [-0.3, -0.25) is 5.32 Å². The van der Waals surface area contributed by atoms with Gasteiger partial charge in [-0.05, 0) is 52.3 Å². The summed E-state index contributed by atoms with van der Waals surface area (Å²) in [7, 11) is 1.67. The third-order valence-electron chi connectivity index (χ3n) is 3.05. The molecule has 0 saturated heterocycles. The monoisotopic (exact) mass is 323 g/mol. The Kier molecular flexibility index (Phi) is 7.85. The first-order valence-electron chi connectivity index (χ1n) is 7.90. The molecule has 130 valence electrons. The molecule has 0 saturated carbocycles. The number of nitrogens with two attached hydrogens (primary N) is 1. The lowest BCUT2D eigenvalue weighted by molar-refractivity contribution is 0.0636. The maximum atomic E-state index is 12.0. The molecule has 0 bridgehead atoms. The zero-order valence-corrected chi connectivity index (χ0v) is 14.5. The van der Waals surface area contributed by atoms with Gasteiger partial charge in [0.15, 0.2) is 0 Å². The molecule has 4 N–H and O–H groups in total. The van der Waals surface area contributed by atoms with E-state index in [1.807, 2.05) is 45.0 Å². The average Bonchev–Trinajstić information content (AvgIpc) is 2.45. The summed E-state index contributed by atoms with van der Waals surface area (Å²) in [6.07, 6.45) is 1.32. The number of rotatable bonds is 8. The number of para-hydroxylation sites is 2. The number of hydrogen-bond donors (Lipinski definition) is 3. The third kappa shape index (κ3) is 7.85. The Bertz CT molecular complexity index is 486. The maximum Gasteiger partial charge on any atom is 0.412 e. The van der Waals surface area contributed by atoms with Crippen molar-refractivity contribution < 1.29 is 14.3 Å². The molecule has 0 aliphatic carbocycles. The highest BCUT2D eigenvalue weighted by Gasteiger charge is 2.18. The second kappa shape index (κ2) is 9.37. The van der Waals surface area contributed by atoms with Gasteiger partial charge in [-0.1, -0.05) is 12.1 Å². The summed E-state index contributed by atoms with van der Waals surface area (Å²) in [4.78, 5) is 12.0. The van der Waals surface area contributed by atoms with Crippen LogP contribution in [0.3, 0.4) is 0 Å². The molecule has 6 heteroatoms. The number of ether oxygens (including phenoxy) is 2. The predicted molar refractivity (Wildman–Crippen MR) is 93.9 cm³/mol. The number of methoxy groups -OCH3 is 1. The van der Waals surface area contributed by atoms with Crippen molar-refractivity contribution in [1.29, 1.82) is 0 Å². The lowest BCUT2D eigenvalue weighted by Crippen LogP contribution is -2.29. The molecule has 1 atom stereocenters. The summed E-state index contributed by atoms with van der Waals surface area (Å²) in [5.74, 6) is 0. The van der Waals surface area contributed by atoms with E-state index in [-0.39, 0.29) is 6.04 Å². The summed E-state index contributed by atoms with van der Waals surface area (Å²) in [5, 5.41) is 6.18. The highest BCUT2D eigenvalue weighted by atomic mass is 16.6. The minimum atomic E-state index is -0.536. The predicted octanol–water partition coefficient (Wildman–Crippen LogP) is 3.20. The topological polar surface area (TPSA) is 85.6 Å². The lowest BCUT2D eigenvalue weighted by atomic mass is 10.1. The molecule has 1 aromatic rings. The Labute approximate surface area is 138 Å². The minimum Gasteiger partial charge on any atom is -0.444 e. The molecule has 0 aromatic heterocycles. The molecule has 0 aliphatic rings. The fraction of sp³-hybridized carbons (Fsp3) is 0.588. The Balaban J connectivity index is 2.77. The van der Waals surface area contributed by atoms with Crippen LogP contribution in [0.4, 0.5) is 16.2 Å². The second-order valence-corrected chi connectivity index (χ2v) is 6.40. The van der Waals surface area contributed by atoms with E-state index in [9.17, 15) is 4.79 Å². The van der Waals surface area contributed by atoms with Gasteiger partial charge in [0.1, 0.15) is 5.60 Å². The van der Waals surface area contributed by atoms with Crippen molar-refractivity contribution in [2.75, 3.05) is 30.9 Å². The highest BCUT2D eigenvalue weighted by molar-refractivity contribution is 5.89. The third-order valence-corrected chi connectivity index (χ3v) is 3.05. The number of hydrogen-bond acceptors (Lipinski definition) is 5. The lowest BCUT2D eigenvalue weighted by Gasteiger charge is -2.23. The van der Waals surface area contributed by atoms with Crippen LogP contribution in [-0.4, -0.2) is 38.0 Å². The molecule has 0 aliphatic heterocycles. The van der Waals surface area contributed by atoms with Gasteiger partial charge in [-0.15, -0.1) is 0 Å². The fourth-order valence-corrected chi connectivity index (χ4v) is 2.11. The number of nitrogens with one attached hydrogen (secondary N) is 2. The maximum absolute atomic E-state index is 12.0. The highest BCUT2D eigenvalue weighted by Crippen LogP contribution is 2.23. The minimum absolute atomic E-state index is 0.130. The van der Waals surface area contributed by atoms with E-state index in [1.165, 1.54) is 0 Å². The number of anilines is 2. The zero-order chi connectivity index (χ0) is 17.3. The van der Waals surface area contributed by atoms with Gasteiger partial charge in [-0.25, -0.2) is 4.79 Å². The molecule has 1 rings (SSSR count). The van der Waals surface area contributed by atoms with Crippen molar-refractivity contribution in [2.24, 2.45) is 5.73 Å². The second-order valence-electron chi connectivity index (χ2n) is 6.40. The normalized spacial score (nSPS) is 12.6. The standard InChI is InChI=1S/C17H29N3O3/c1-17(2,3)23-16(21)20-15-10-6-5-9-14(15)19-13(12-22-4)8-7-11-18/h5-6,9-10,13,19H,7-8,11-12,18H2,1-4H3,(H,20,21). The summed E-state index contributed by atoms with van der Waals surface area (Å²) < 4.78 is 10.5. The molecule has 1 aromatic carbocycles. The van der Waals surface area contributed by atoms with Gasteiger partial charge in [-0.2, -0.15) is 0 Å². The van der Waals surface area contributed by atoms with Crippen LogP contribution < -0.4 is 16.4 Å². The molecule has 23 heavy (non-hydrogen) atoms. The van der Waals surface area contributed by atoms with Crippen molar-refractivity contribution in [3.8, 4) is 0 Å². The van der Waals surface area contributed by atoms with E-state index in [2.05, 4.69) is 10.6 Å². The number of carbonyl (C=O) groups is 1. The molecule has 0 spiro atoms. The van der Waals surface area contributed by atoms with Crippen LogP contribution in [0.2, 0.25) is 0 Å². The Hall–Kier alpha value is -1.79. The van der Waals surface area contributed by atoms with Crippen LogP contribution >= 0.6 is 0 Å². The number of amides is 1. The van der Waals surface area contributed by atoms with Crippen molar-refractivity contribution in [3.05, 3.63) is 24.3 Å². The quantitative estimate of drug-likeness (QED) is 0.684. The van der Waals surface area contributed by atoms with Crippen LogP contribution in [-0.2, 0) is 9.47 Å². The Morgan fingerprint density at radius 2 is 1.91 bits per heavy atom. The van der Waals surface area contributed by atoms with Gasteiger partial charge in [0.05, 0.1) is 18.0 Å². The van der Waals surface area contributed by atoms with E-state index in [0.29, 0.717) is 18.8 Å². The van der Waals surface area contributed by atoms with E-state index < -0.39 is 11.7 Å². The van der Waals surface area contributed by atoms with Crippen LogP contribution in [0, 0.1) is 0 Å². The molecule has 1 unspecified atom stereocenters. The van der Waals surface area contributed by atoms with E-state index >= 15 is 0 Å². The molecular weight excluding hydrogens is 294 g/mol. The molecule has 0 radical (unpaired) electrons. The molecule has 1 amide bonds. The van der Waals surface area contributed by atoms with E-state index in [1.54, 1.807) is 7.11 Å². The van der Waals surface area contributed by atoms with Crippen molar-refractivity contribution in [1.82, 2.24) is 0 Å². The number of benzene rings is 1. The molecule has 6 nitrogen and oxygen atoms in total. The largest absolute Gasteiger partial charge is 0.444 e. The fourth-order valence-electron chi connectivity index (χ4n) is 2.11. The summed E-state index contributed by atoms with van der Waals surface area (Å²) in [5.41, 5.74) is 6.55. The van der Waals surface area contributed by atoms with Crippen LogP contribution in [0.1, 0.15) is 33.6 Å². The van der Waals surface area contributed by atoms with Gasteiger partial charge in [0.25, 0.3) is 0 Å². The zero-order valence-electron chi connectivity index (χ0n) is 14.5. The Morgan fingerprint density at radius 1 is 1.26 bits per heavy atom. The van der Waals surface area contributed by atoms with Crippen molar-refractivity contribution >= 4 is 17.5 Å². The summed E-state index contributed by atoms with van der Waals surface area (Å²) >= 11 is 0. The Morgan fingerprint density at radius 3 is 2.48 bits per heavy atom. The molecule has 0 fully saturated rings. The van der Waals surface area contributed by atoms with Gasteiger partial charge in [0.2, 0.25) is 0 Å². The first kappa shape index (κ1) is 19.3. The average molecular weight is 323 g/mol. The van der Waals surface area contributed by atoms with Crippen molar-refractivity contribution in [3.63, 3.8) is 0 Å². The van der Waals surface area contributed by atoms with Crippen LogP contribution in [0.25, 0.3) is 0 Å². The van der Waals surface area contributed by atoms with Gasteiger partial charge < -0.3 is 20.5 Å². The van der Waals surface area contributed by atoms with E-state index in [4.69, 9.17) is 15.2 Å². The van der Waals surface area contributed by atoms with Crippen LogP contribution in [0.15, 0.2) is 24.3 Å². The first-order chi connectivity index (χ1) is 10.9. The van der Waals surface area contributed by atoms with Crippen LogP contribution in [0.5, 0.6) is 0 Å². The smallest absolute Gasteiger partial charge is 0.412 e. The van der Waals surface area contributed by atoms with Gasteiger partial charge >= 0.3 is 6.09 Å². The first-order valence-corrected chi connectivity index (χ1v) is 7.90. The summed E-state index contributed by atoms with van der Waals surface area (Å²) in [6, 6.07) is 7.65. The van der Waals surface area contributed by atoms with Gasteiger partial charge in [0, 0.05) is 13.2 Å². The number of carbonyl (C=O) groups excluding carboxylic acids is 1. The summed E-state index contributed by atoms with van der Waals surface area (Å²) in [6.45, 7) is 6.70. The van der Waals surface area contributed by atoms with Crippen molar-refractivity contribution in [2.45, 2.75) is 45.3 Å². The molecule has 0 heterocycles. The SMILES string of the molecule is COCC(CCCN)Nc1ccccc1NC(=O)OC(C)(C)C. The molecular formula is C17H29N3O3. The van der Waals surface area contributed by atoms with E-state index in [0.717, 1.165) is 18.5 Å².